The zero-order valence-corrected chi connectivity index (χ0v) is 13.6. The van der Waals surface area contributed by atoms with Gasteiger partial charge in [-0.25, -0.2) is 9.78 Å². The van der Waals surface area contributed by atoms with Crippen molar-refractivity contribution in [3.8, 4) is 0 Å². The molecular weight excluding hydrogens is 316 g/mol. The molecule has 3 rings (SSSR count). The summed E-state index contributed by atoms with van der Waals surface area (Å²) in [5.74, 6) is -0.119. The number of H-pyrrole nitrogens is 1. The number of thiazole rings is 1. The van der Waals surface area contributed by atoms with Crippen molar-refractivity contribution in [2.45, 2.75) is 45.2 Å². The molecule has 1 aliphatic carbocycles. The van der Waals surface area contributed by atoms with Crippen LogP contribution in [-0.4, -0.2) is 20.4 Å². The summed E-state index contributed by atoms with van der Waals surface area (Å²) in [6.45, 7) is 2.21. The van der Waals surface area contributed by atoms with Crippen LogP contribution in [0.5, 0.6) is 0 Å². The highest BCUT2D eigenvalue weighted by molar-refractivity contribution is 7.11. The third kappa shape index (κ3) is 3.58. The Balaban J connectivity index is 1.62. The zero-order valence-electron chi connectivity index (χ0n) is 12.8. The number of nitrogens with one attached hydrogen (secondary N) is 2. The average Bonchev–Trinajstić information content (AvgIpc) is 2.88. The maximum Gasteiger partial charge on any atom is 0.328 e. The molecule has 0 fully saturated rings. The molecule has 0 saturated heterocycles. The molecule has 2 aromatic heterocycles. The monoisotopic (exact) mass is 334 g/mol. The van der Waals surface area contributed by atoms with E-state index in [1.807, 2.05) is 6.92 Å². The molecular formula is C15H18N4O3S. The first kappa shape index (κ1) is 15.7. The van der Waals surface area contributed by atoms with E-state index < -0.39 is 11.2 Å². The third-order valence-corrected chi connectivity index (χ3v) is 4.92. The van der Waals surface area contributed by atoms with Crippen LogP contribution in [0.25, 0.3) is 0 Å². The van der Waals surface area contributed by atoms with E-state index in [0.29, 0.717) is 0 Å². The van der Waals surface area contributed by atoms with Crippen LogP contribution < -0.4 is 16.6 Å². The Morgan fingerprint density at radius 3 is 3.13 bits per heavy atom. The van der Waals surface area contributed by atoms with Crippen molar-refractivity contribution in [3.05, 3.63) is 48.7 Å². The Morgan fingerprint density at radius 2 is 2.35 bits per heavy atom. The van der Waals surface area contributed by atoms with Crippen LogP contribution in [0.4, 0.5) is 0 Å². The van der Waals surface area contributed by atoms with Gasteiger partial charge in [0.15, 0.2) is 0 Å². The summed E-state index contributed by atoms with van der Waals surface area (Å²) >= 11 is 1.69. The zero-order chi connectivity index (χ0) is 16.4. The summed E-state index contributed by atoms with van der Waals surface area (Å²) in [5, 5.41) is 4.03. The SMILES string of the molecule is Cc1nc2c(s1)CCC[C@H]2NC(=O)CCn1ccc(=O)[nH]c1=O. The molecule has 2 N–H and O–H groups in total. The number of fused-ring (bicyclic) bond motifs is 1. The van der Waals surface area contributed by atoms with E-state index in [2.05, 4.69) is 15.3 Å². The highest BCUT2D eigenvalue weighted by atomic mass is 32.1. The van der Waals surface area contributed by atoms with Gasteiger partial charge in [-0.15, -0.1) is 11.3 Å². The molecule has 8 heteroatoms. The largest absolute Gasteiger partial charge is 0.348 e. The van der Waals surface area contributed by atoms with Crippen molar-refractivity contribution in [2.75, 3.05) is 0 Å². The second kappa shape index (κ2) is 6.49. The average molecular weight is 334 g/mol. The maximum absolute atomic E-state index is 12.2. The molecule has 0 saturated carbocycles. The summed E-state index contributed by atoms with van der Waals surface area (Å²) in [6, 6.07) is 1.23. The number of aromatic amines is 1. The van der Waals surface area contributed by atoms with Gasteiger partial charge in [-0.3, -0.25) is 14.6 Å². The van der Waals surface area contributed by atoms with Crippen LogP contribution in [0.3, 0.4) is 0 Å². The minimum atomic E-state index is -0.500. The van der Waals surface area contributed by atoms with E-state index in [0.717, 1.165) is 30.0 Å². The van der Waals surface area contributed by atoms with Gasteiger partial charge >= 0.3 is 5.69 Å². The predicted octanol–water partition coefficient (Wildman–Crippen LogP) is 0.885. The number of aromatic nitrogens is 3. The smallest absolute Gasteiger partial charge is 0.328 e. The molecule has 0 spiro atoms. The lowest BCUT2D eigenvalue weighted by molar-refractivity contribution is -0.122. The van der Waals surface area contributed by atoms with Crippen LogP contribution >= 0.6 is 11.3 Å². The Bertz CT molecular complexity index is 836. The number of amides is 1. The maximum atomic E-state index is 12.2. The Kier molecular flexibility index (Phi) is 4.42. The lowest BCUT2D eigenvalue weighted by Crippen LogP contribution is -2.33. The summed E-state index contributed by atoms with van der Waals surface area (Å²) in [5.41, 5.74) is 0.0537. The highest BCUT2D eigenvalue weighted by Crippen LogP contribution is 2.32. The molecule has 1 amide bonds. The molecule has 0 aliphatic heterocycles. The van der Waals surface area contributed by atoms with Gasteiger partial charge < -0.3 is 9.88 Å². The van der Waals surface area contributed by atoms with Crippen molar-refractivity contribution in [1.82, 2.24) is 19.9 Å². The molecule has 23 heavy (non-hydrogen) atoms. The van der Waals surface area contributed by atoms with Gasteiger partial charge in [0.25, 0.3) is 5.56 Å². The first-order valence-electron chi connectivity index (χ1n) is 7.58. The third-order valence-electron chi connectivity index (χ3n) is 3.87. The fourth-order valence-corrected chi connectivity index (χ4v) is 3.83. The number of rotatable bonds is 4. The fourth-order valence-electron chi connectivity index (χ4n) is 2.79. The minimum absolute atomic E-state index is 0.0384. The fraction of sp³-hybridized carbons (Fsp3) is 0.467. The first-order chi connectivity index (χ1) is 11.0. The summed E-state index contributed by atoms with van der Waals surface area (Å²) < 4.78 is 1.32. The number of aryl methyl sites for hydroxylation is 3. The van der Waals surface area contributed by atoms with E-state index in [9.17, 15) is 14.4 Å². The number of carbonyl (C=O) groups is 1. The van der Waals surface area contributed by atoms with Crippen molar-refractivity contribution < 1.29 is 4.79 Å². The Hall–Kier alpha value is -2.22. The van der Waals surface area contributed by atoms with Crippen LogP contribution in [0.2, 0.25) is 0 Å². The topological polar surface area (TPSA) is 96.8 Å². The van der Waals surface area contributed by atoms with Crippen LogP contribution in [0, 0.1) is 6.92 Å². The van der Waals surface area contributed by atoms with E-state index >= 15 is 0 Å². The number of nitrogens with zero attached hydrogens (tertiary/aromatic N) is 2. The number of hydrogen-bond donors (Lipinski definition) is 2. The van der Waals surface area contributed by atoms with Crippen LogP contribution in [-0.2, 0) is 17.8 Å². The summed E-state index contributed by atoms with van der Waals surface area (Å²) in [6.07, 6.45) is 4.54. The summed E-state index contributed by atoms with van der Waals surface area (Å²) in [7, 11) is 0. The van der Waals surface area contributed by atoms with Crippen molar-refractivity contribution in [3.63, 3.8) is 0 Å². The second-order valence-corrected chi connectivity index (χ2v) is 6.89. The highest BCUT2D eigenvalue weighted by Gasteiger charge is 2.25. The minimum Gasteiger partial charge on any atom is -0.348 e. The molecule has 1 aliphatic rings. The number of hydrogen-bond acceptors (Lipinski definition) is 5. The lowest BCUT2D eigenvalue weighted by atomic mass is 9.97. The van der Waals surface area contributed by atoms with Crippen molar-refractivity contribution in [1.29, 1.82) is 0 Å². The second-order valence-electron chi connectivity index (χ2n) is 5.61. The van der Waals surface area contributed by atoms with E-state index in [-0.39, 0.29) is 24.9 Å². The van der Waals surface area contributed by atoms with Crippen molar-refractivity contribution >= 4 is 17.2 Å². The van der Waals surface area contributed by atoms with E-state index in [1.54, 1.807) is 11.3 Å². The standard InChI is InChI=1S/C15H18N4O3S/c1-9-16-14-10(3-2-4-11(14)23-9)17-12(20)5-7-19-8-6-13(21)18-15(19)22/h6,8,10H,2-5,7H2,1H3,(H,17,20)(H,18,21,22)/t10-/m1/s1. The molecule has 2 heterocycles. The van der Waals surface area contributed by atoms with Crippen molar-refractivity contribution in [2.24, 2.45) is 0 Å². The lowest BCUT2D eigenvalue weighted by Gasteiger charge is -2.22. The van der Waals surface area contributed by atoms with Gasteiger partial charge in [0, 0.05) is 30.1 Å². The quantitative estimate of drug-likeness (QED) is 0.867. The molecule has 0 bridgehead atoms. The Morgan fingerprint density at radius 1 is 1.52 bits per heavy atom. The van der Waals surface area contributed by atoms with Gasteiger partial charge in [0.05, 0.1) is 16.7 Å². The van der Waals surface area contributed by atoms with Gasteiger partial charge in [0.1, 0.15) is 0 Å². The van der Waals surface area contributed by atoms with E-state index in [1.165, 1.54) is 21.7 Å². The molecule has 2 aromatic rings. The van der Waals surface area contributed by atoms with Crippen LogP contribution in [0.15, 0.2) is 21.9 Å². The Labute approximate surface area is 136 Å². The molecule has 0 aromatic carbocycles. The van der Waals surface area contributed by atoms with Gasteiger partial charge in [-0.1, -0.05) is 0 Å². The van der Waals surface area contributed by atoms with Gasteiger partial charge in [-0.2, -0.15) is 0 Å². The van der Waals surface area contributed by atoms with E-state index in [4.69, 9.17) is 0 Å². The van der Waals surface area contributed by atoms with Gasteiger partial charge in [0.2, 0.25) is 5.91 Å². The molecule has 0 radical (unpaired) electrons. The molecule has 7 nitrogen and oxygen atoms in total. The number of carbonyl (C=O) groups excluding carboxylic acids is 1. The molecule has 1 atom stereocenters. The predicted molar refractivity (Wildman–Crippen MR) is 86.6 cm³/mol. The molecule has 0 unspecified atom stereocenters. The molecule has 122 valence electrons. The first-order valence-corrected chi connectivity index (χ1v) is 8.40. The summed E-state index contributed by atoms with van der Waals surface area (Å²) in [4.78, 5) is 42.7. The normalized spacial score (nSPS) is 16.8. The van der Waals surface area contributed by atoms with Crippen LogP contribution in [0.1, 0.15) is 40.9 Å². The van der Waals surface area contributed by atoms with Gasteiger partial charge in [-0.05, 0) is 26.2 Å².